The van der Waals surface area contributed by atoms with Crippen molar-refractivity contribution in [3.63, 3.8) is 0 Å². The third kappa shape index (κ3) is 2.71. The molecule has 0 aliphatic heterocycles. The van der Waals surface area contributed by atoms with Crippen molar-refractivity contribution >= 4 is 23.2 Å². The highest BCUT2D eigenvalue weighted by Crippen LogP contribution is 2.24. The van der Waals surface area contributed by atoms with Crippen LogP contribution in [0.2, 0.25) is 5.02 Å². The summed E-state index contributed by atoms with van der Waals surface area (Å²) >= 11 is 6.02. The largest absolute Gasteiger partial charge is 0.508 e. The van der Waals surface area contributed by atoms with E-state index in [0.29, 0.717) is 16.3 Å². The topological polar surface area (TPSA) is 40.5 Å². The molecule has 2 aromatic carbocycles. The first-order valence-corrected chi connectivity index (χ1v) is 6.20. The quantitative estimate of drug-likeness (QED) is 0.909. The number of phenols is 1. The van der Waals surface area contributed by atoms with Crippen molar-refractivity contribution in [1.82, 2.24) is 0 Å². The SMILES string of the molecule is Cc1c(Cl)cccc1C(=O)N(C)c1cccc(O)c1. The molecule has 0 bridgehead atoms. The zero-order valence-electron chi connectivity index (χ0n) is 10.7. The Morgan fingerprint density at radius 2 is 1.89 bits per heavy atom. The molecule has 0 aliphatic rings. The van der Waals surface area contributed by atoms with Gasteiger partial charge in [0.1, 0.15) is 5.75 Å². The van der Waals surface area contributed by atoms with Crippen LogP contribution >= 0.6 is 11.6 Å². The first-order valence-electron chi connectivity index (χ1n) is 5.83. The van der Waals surface area contributed by atoms with Crippen LogP contribution in [-0.4, -0.2) is 18.1 Å². The van der Waals surface area contributed by atoms with Crippen LogP contribution in [0.1, 0.15) is 15.9 Å². The third-order valence-electron chi connectivity index (χ3n) is 3.02. The molecule has 0 saturated carbocycles. The van der Waals surface area contributed by atoms with E-state index >= 15 is 0 Å². The Morgan fingerprint density at radius 3 is 2.58 bits per heavy atom. The zero-order chi connectivity index (χ0) is 14.0. The number of anilines is 1. The number of rotatable bonds is 2. The number of benzene rings is 2. The van der Waals surface area contributed by atoms with Gasteiger partial charge in [0.15, 0.2) is 0 Å². The lowest BCUT2D eigenvalue weighted by molar-refractivity contribution is 0.0992. The monoisotopic (exact) mass is 275 g/mol. The fourth-order valence-electron chi connectivity index (χ4n) is 1.84. The molecule has 19 heavy (non-hydrogen) atoms. The molecular weight excluding hydrogens is 262 g/mol. The minimum Gasteiger partial charge on any atom is -0.508 e. The molecule has 0 spiro atoms. The van der Waals surface area contributed by atoms with Gasteiger partial charge in [-0.3, -0.25) is 4.79 Å². The third-order valence-corrected chi connectivity index (χ3v) is 3.43. The van der Waals surface area contributed by atoms with Gasteiger partial charge in [-0.1, -0.05) is 23.7 Å². The van der Waals surface area contributed by atoms with E-state index in [-0.39, 0.29) is 11.7 Å². The summed E-state index contributed by atoms with van der Waals surface area (Å²) in [5.41, 5.74) is 1.93. The average Bonchev–Trinajstić information content (AvgIpc) is 2.40. The molecule has 0 aliphatic carbocycles. The van der Waals surface area contributed by atoms with Crippen molar-refractivity contribution in [3.8, 4) is 5.75 Å². The molecule has 0 atom stereocenters. The molecule has 0 aromatic heterocycles. The lowest BCUT2D eigenvalue weighted by Crippen LogP contribution is -2.26. The van der Waals surface area contributed by atoms with Gasteiger partial charge in [-0.05, 0) is 36.8 Å². The van der Waals surface area contributed by atoms with Crippen LogP contribution in [-0.2, 0) is 0 Å². The van der Waals surface area contributed by atoms with Crippen molar-refractivity contribution < 1.29 is 9.90 Å². The van der Waals surface area contributed by atoms with Crippen molar-refractivity contribution in [2.75, 3.05) is 11.9 Å². The fraction of sp³-hybridized carbons (Fsp3) is 0.133. The maximum Gasteiger partial charge on any atom is 0.258 e. The minimum absolute atomic E-state index is 0.125. The van der Waals surface area contributed by atoms with Gasteiger partial charge in [0.25, 0.3) is 5.91 Å². The number of phenolic OH excluding ortho intramolecular Hbond substituents is 1. The summed E-state index contributed by atoms with van der Waals surface area (Å²) in [6, 6.07) is 11.8. The van der Waals surface area contributed by atoms with E-state index in [1.54, 1.807) is 43.4 Å². The van der Waals surface area contributed by atoms with Crippen LogP contribution in [0.15, 0.2) is 42.5 Å². The van der Waals surface area contributed by atoms with Crippen molar-refractivity contribution in [3.05, 3.63) is 58.6 Å². The summed E-state index contributed by atoms with van der Waals surface area (Å²) in [4.78, 5) is 13.9. The van der Waals surface area contributed by atoms with Gasteiger partial charge in [0.05, 0.1) is 0 Å². The molecule has 0 radical (unpaired) electrons. The predicted octanol–water partition coefficient (Wildman–Crippen LogP) is 3.63. The Morgan fingerprint density at radius 1 is 1.21 bits per heavy atom. The van der Waals surface area contributed by atoms with E-state index in [4.69, 9.17) is 11.6 Å². The van der Waals surface area contributed by atoms with Gasteiger partial charge in [-0.2, -0.15) is 0 Å². The molecule has 0 unspecified atom stereocenters. The average molecular weight is 276 g/mol. The number of nitrogens with zero attached hydrogens (tertiary/aromatic N) is 1. The highest BCUT2D eigenvalue weighted by Gasteiger charge is 2.16. The van der Waals surface area contributed by atoms with E-state index in [9.17, 15) is 9.90 Å². The predicted molar refractivity (Wildman–Crippen MR) is 77.0 cm³/mol. The number of hydrogen-bond donors (Lipinski definition) is 1. The zero-order valence-corrected chi connectivity index (χ0v) is 11.5. The summed E-state index contributed by atoms with van der Waals surface area (Å²) in [5, 5.41) is 10.0. The second-order valence-electron chi connectivity index (χ2n) is 4.30. The Labute approximate surface area is 117 Å². The van der Waals surface area contributed by atoms with Gasteiger partial charge in [-0.15, -0.1) is 0 Å². The molecule has 3 nitrogen and oxygen atoms in total. The van der Waals surface area contributed by atoms with Crippen LogP contribution in [0.3, 0.4) is 0 Å². The molecule has 1 amide bonds. The van der Waals surface area contributed by atoms with Crippen LogP contribution in [0.4, 0.5) is 5.69 Å². The summed E-state index contributed by atoms with van der Waals surface area (Å²) in [7, 11) is 1.66. The van der Waals surface area contributed by atoms with Crippen LogP contribution in [0.5, 0.6) is 5.75 Å². The lowest BCUT2D eigenvalue weighted by atomic mass is 10.1. The standard InChI is InChI=1S/C15H14ClNO2/c1-10-13(7-4-8-14(10)16)15(19)17(2)11-5-3-6-12(18)9-11/h3-9,18H,1-2H3. The van der Waals surface area contributed by atoms with E-state index in [0.717, 1.165) is 5.56 Å². The van der Waals surface area contributed by atoms with Gasteiger partial charge < -0.3 is 10.0 Å². The minimum atomic E-state index is -0.161. The molecule has 0 fully saturated rings. The Hall–Kier alpha value is -2.00. The van der Waals surface area contributed by atoms with Crippen molar-refractivity contribution in [2.24, 2.45) is 0 Å². The van der Waals surface area contributed by atoms with Gasteiger partial charge in [0, 0.05) is 29.4 Å². The van der Waals surface area contributed by atoms with Gasteiger partial charge in [-0.25, -0.2) is 0 Å². The summed E-state index contributed by atoms with van der Waals surface area (Å²) < 4.78 is 0. The molecule has 98 valence electrons. The van der Waals surface area contributed by atoms with E-state index in [1.807, 2.05) is 6.92 Å². The van der Waals surface area contributed by atoms with Crippen molar-refractivity contribution in [1.29, 1.82) is 0 Å². The van der Waals surface area contributed by atoms with Gasteiger partial charge in [0.2, 0.25) is 0 Å². The maximum atomic E-state index is 12.4. The van der Waals surface area contributed by atoms with Crippen molar-refractivity contribution in [2.45, 2.75) is 6.92 Å². The summed E-state index contributed by atoms with van der Waals surface area (Å²) in [6.07, 6.45) is 0. The molecule has 0 heterocycles. The summed E-state index contributed by atoms with van der Waals surface area (Å²) in [6.45, 7) is 1.81. The molecule has 0 saturated heterocycles. The second-order valence-corrected chi connectivity index (χ2v) is 4.70. The first-order chi connectivity index (χ1) is 9.00. The van der Waals surface area contributed by atoms with Gasteiger partial charge >= 0.3 is 0 Å². The lowest BCUT2D eigenvalue weighted by Gasteiger charge is -2.19. The smallest absolute Gasteiger partial charge is 0.258 e. The fourth-order valence-corrected chi connectivity index (χ4v) is 2.01. The second kappa shape index (κ2) is 5.33. The molecule has 1 N–H and O–H groups in total. The summed E-state index contributed by atoms with van der Waals surface area (Å²) in [5.74, 6) is -0.0365. The maximum absolute atomic E-state index is 12.4. The first kappa shape index (κ1) is 13.4. The number of halogens is 1. The van der Waals surface area contributed by atoms with Crippen LogP contribution in [0.25, 0.3) is 0 Å². The Bertz CT molecular complexity index is 625. The number of amides is 1. The van der Waals surface area contributed by atoms with E-state index in [1.165, 1.54) is 11.0 Å². The number of carbonyl (C=O) groups excluding carboxylic acids is 1. The molecule has 2 rings (SSSR count). The highest BCUT2D eigenvalue weighted by atomic mass is 35.5. The molecular formula is C15H14ClNO2. The Kier molecular flexibility index (Phi) is 3.76. The van der Waals surface area contributed by atoms with Crippen LogP contribution < -0.4 is 4.90 Å². The van der Waals surface area contributed by atoms with E-state index < -0.39 is 0 Å². The number of aromatic hydroxyl groups is 1. The van der Waals surface area contributed by atoms with E-state index in [2.05, 4.69) is 0 Å². The van der Waals surface area contributed by atoms with Crippen LogP contribution in [0, 0.1) is 6.92 Å². The molecule has 4 heteroatoms. The number of hydrogen-bond acceptors (Lipinski definition) is 2. The Balaban J connectivity index is 2.36. The highest BCUT2D eigenvalue weighted by molar-refractivity contribution is 6.32. The number of carbonyl (C=O) groups is 1. The molecule has 2 aromatic rings. The normalized spacial score (nSPS) is 10.3.